The molecular weight excluding hydrogens is 152 g/mol. The molecule has 1 aromatic carbocycles. The fourth-order valence-corrected chi connectivity index (χ4v) is 1.14. The number of hydrogen-bond donors (Lipinski definition) is 1. The molecule has 12 heavy (non-hydrogen) atoms. The van der Waals surface area contributed by atoms with Crippen molar-refractivity contribution >= 4 is 6.29 Å². The maximum atomic E-state index is 10.4. The highest BCUT2D eigenvalue weighted by Gasteiger charge is 2.08. The average Bonchev–Trinajstić information content (AvgIpc) is 2.04. The summed E-state index contributed by atoms with van der Waals surface area (Å²) in [5, 5.41) is 9.53. The van der Waals surface area contributed by atoms with Crippen molar-refractivity contribution in [2.75, 3.05) is 0 Å². The molecule has 0 spiro atoms. The summed E-state index contributed by atoms with van der Waals surface area (Å²) in [7, 11) is 0. The molecule has 0 fully saturated rings. The van der Waals surface area contributed by atoms with Gasteiger partial charge in [-0.2, -0.15) is 0 Å². The second-order valence-electron chi connectivity index (χ2n) is 3.06. The molecule has 0 aliphatic carbocycles. The van der Waals surface area contributed by atoms with Gasteiger partial charge in [0.05, 0.1) is 5.56 Å². The molecule has 1 rings (SSSR count). The molecule has 2 nitrogen and oxygen atoms in total. The Labute approximate surface area is 71.8 Å². The maximum Gasteiger partial charge on any atom is 0.153 e. The van der Waals surface area contributed by atoms with E-state index in [9.17, 15) is 9.90 Å². The van der Waals surface area contributed by atoms with E-state index in [1.165, 1.54) is 0 Å². The predicted octanol–water partition coefficient (Wildman–Crippen LogP) is 2.33. The van der Waals surface area contributed by atoms with E-state index in [0.29, 0.717) is 11.8 Å². The number of carbonyl (C=O) groups is 1. The second kappa shape index (κ2) is 3.39. The molecule has 0 heterocycles. The Morgan fingerprint density at radius 2 is 2.08 bits per heavy atom. The molecule has 1 aromatic rings. The molecule has 0 saturated carbocycles. The fraction of sp³-hybridized carbons (Fsp3) is 0.300. The predicted molar refractivity (Wildman–Crippen MR) is 47.6 cm³/mol. The van der Waals surface area contributed by atoms with Crippen molar-refractivity contribution in [2.45, 2.75) is 19.8 Å². The monoisotopic (exact) mass is 164 g/mol. The van der Waals surface area contributed by atoms with Gasteiger partial charge in [-0.1, -0.05) is 26.0 Å². The number of phenols is 1. The van der Waals surface area contributed by atoms with Crippen molar-refractivity contribution in [2.24, 2.45) is 0 Å². The van der Waals surface area contributed by atoms with Crippen LogP contribution >= 0.6 is 0 Å². The Morgan fingerprint density at radius 3 is 2.58 bits per heavy atom. The minimum absolute atomic E-state index is 0.113. The van der Waals surface area contributed by atoms with Gasteiger partial charge >= 0.3 is 0 Å². The van der Waals surface area contributed by atoms with Gasteiger partial charge in [0.15, 0.2) is 6.29 Å². The molecule has 64 valence electrons. The lowest BCUT2D eigenvalue weighted by Gasteiger charge is -2.08. The van der Waals surface area contributed by atoms with Crippen molar-refractivity contribution in [3.8, 4) is 5.75 Å². The summed E-state index contributed by atoms with van der Waals surface area (Å²) in [5.74, 6) is 0.354. The third-order valence-electron chi connectivity index (χ3n) is 1.85. The zero-order valence-corrected chi connectivity index (χ0v) is 7.24. The van der Waals surface area contributed by atoms with Gasteiger partial charge < -0.3 is 5.11 Å². The summed E-state index contributed by atoms with van der Waals surface area (Å²) in [5.41, 5.74) is 1.18. The molecule has 0 atom stereocenters. The van der Waals surface area contributed by atoms with E-state index < -0.39 is 0 Å². The first-order valence-electron chi connectivity index (χ1n) is 3.94. The van der Waals surface area contributed by atoms with Crippen LogP contribution in [0.2, 0.25) is 0 Å². The van der Waals surface area contributed by atoms with Crippen LogP contribution in [0.1, 0.15) is 35.7 Å². The van der Waals surface area contributed by atoms with Crippen LogP contribution in [0.15, 0.2) is 18.2 Å². The minimum atomic E-state index is 0.113. The molecule has 0 aliphatic rings. The van der Waals surface area contributed by atoms with Crippen LogP contribution in [0.4, 0.5) is 0 Å². The quantitative estimate of drug-likeness (QED) is 0.681. The standard InChI is InChI=1S/C10H12O2/c1-7(2)9-5-3-4-8(6-11)10(9)12/h3-7,12H,1-2H3. The summed E-state index contributed by atoms with van der Waals surface area (Å²) >= 11 is 0. The van der Waals surface area contributed by atoms with Crippen LogP contribution in [0, 0.1) is 0 Å². The summed E-state index contributed by atoms with van der Waals surface area (Å²) in [6.45, 7) is 3.95. The normalized spacial score (nSPS) is 10.2. The van der Waals surface area contributed by atoms with Crippen molar-refractivity contribution in [1.29, 1.82) is 0 Å². The van der Waals surface area contributed by atoms with Crippen LogP contribution in [0.5, 0.6) is 5.75 Å². The molecular formula is C10H12O2. The van der Waals surface area contributed by atoms with E-state index in [0.717, 1.165) is 5.56 Å². The Balaban J connectivity index is 3.22. The van der Waals surface area contributed by atoms with Gasteiger partial charge in [-0.05, 0) is 17.5 Å². The molecule has 0 bridgehead atoms. The summed E-state index contributed by atoms with van der Waals surface area (Å²) in [6.07, 6.45) is 0.668. The summed E-state index contributed by atoms with van der Waals surface area (Å²) in [6, 6.07) is 5.21. The van der Waals surface area contributed by atoms with E-state index in [1.54, 1.807) is 12.1 Å². The van der Waals surface area contributed by atoms with Crippen molar-refractivity contribution in [3.05, 3.63) is 29.3 Å². The van der Waals surface area contributed by atoms with Gasteiger partial charge in [0.1, 0.15) is 5.75 Å². The van der Waals surface area contributed by atoms with E-state index in [2.05, 4.69) is 0 Å². The highest BCUT2D eigenvalue weighted by molar-refractivity contribution is 5.80. The van der Waals surface area contributed by atoms with Gasteiger partial charge in [0.25, 0.3) is 0 Å². The third-order valence-corrected chi connectivity index (χ3v) is 1.85. The van der Waals surface area contributed by atoms with Crippen molar-refractivity contribution < 1.29 is 9.90 Å². The second-order valence-corrected chi connectivity index (χ2v) is 3.06. The summed E-state index contributed by atoms with van der Waals surface area (Å²) in [4.78, 5) is 10.4. The Kier molecular flexibility index (Phi) is 2.48. The van der Waals surface area contributed by atoms with Crippen LogP contribution in [0.25, 0.3) is 0 Å². The number of aromatic hydroxyl groups is 1. The molecule has 0 aliphatic heterocycles. The average molecular weight is 164 g/mol. The molecule has 0 saturated heterocycles. The Morgan fingerprint density at radius 1 is 1.42 bits per heavy atom. The van der Waals surface area contributed by atoms with Crippen LogP contribution < -0.4 is 0 Å². The highest BCUT2D eigenvalue weighted by atomic mass is 16.3. The zero-order valence-electron chi connectivity index (χ0n) is 7.24. The summed E-state index contributed by atoms with van der Waals surface area (Å²) < 4.78 is 0. The first kappa shape index (κ1) is 8.78. The van der Waals surface area contributed by atoms with E-state index in [-0.39, 0.29) is 11.7 Å². The SMILES string of the molecule is CC(C)c1cccc(C=O)c1O. The van der Waals surface area contributed by atoms with Gasteiger partial charge in [-0.25, -0.2) is 0 Å². The van der Waals surface area contributed by atoms with E-state index >= 15 is 0 Å². The number of phenolic OH excluding ortho intramolecular Hbond substituents is 1. The van der Waals surface area contributed by atoms with Crippen LogP contribution in [-0.2, 0) is 0 Å². The molecule has 2 heteroatoms. The Bertz CT molecular complexity index is 290. The van der Waals surface area contributed by atoms with Crippen LogP contribution in [0.3, 0.4) is 0 Å². The Hall–Kier alpha value is -1.31. The topological polar surface area (TPSA) is 37.3 Å². The largest absolute Gasteiger partial charge is 0.507 e. The molecule has 0 unspecified atom stereocenters. The van der Waals surface area contributed by atoms with Gasteiger partial charge in [-0.15, -0.1) is 0 Å². The number of benzene rings is 1. The number of carbonyl (C=O) groups excluding carboxylic acids is 1. The third kappa shape index (κ3) is 1.47. The molecule has 1 N–H and O–H groups in total. The minimum Gasteiger partial charge on any atom is -0.507 e. The number of para-hydroxylation sites is 1. The first-order chi connectivity index (χ1) is 5.66. The first-order valence-corrected chi connectivity index (χ1v) is 3.94. The van der Waals surface area contributed by atoms with Crippen molar-refractivity contribution in [1.82, 2.24) is 0 Å². The highest BCUT2D eigenvalue weighted by Crippen LogP contribution is 2.27. The maximum absolute atomic E-state index is 10.4. The van der Waals surface area contributed by atoms with Crippen LogP contribution in [-0.4, -0.2) is 11.4 Å². The van der Waals surface area contributed by atoms with E-state index in [4.69, 9.17) is 0 Å². The fourth-order valence-electron chi connectivity index (χ4n) is 1.14. The lowest BCUT2D eigenvalue weighted by molar-refractivity contribution is 0.112. The van der Waals surface area contributed by atoms with Gasteiger partial charge in [0.2, 0.25) is 0 Å². The number of rotatable bonds is 2. The van der Waals surface area contributed by atoms with Gasteiger partial charge in [0, 0.05) is 0 Å². The smallest absolute Gasteiger partial charge is 0.153 e. The zero-order chi connectivity index (χ0) is 9.14. The van der Waals surface area contributed by atoms with Gasteiger partial charge in [-0.3, -0.25) is 4.79 Å². The van der Waals surface area contributed by atoms with Crippen molar-refractivity contribution in [3.63, 3.8) is 0 Å². The lowest BCUT2D eigenvalue weighted by atomic mass is 10.00. The molecule has 0 radical (unpaired) electrons. The lowest BCUT2D eigenvalue weighted by Crippen LogP contribution is -1.91. The molecule has 0 aromatic heterocycles. The molecule has 0 amide bonds. The van der Waals surface area contributed by atoms with E-state index in [1.807, 2.05) is 19.9 Å². The number of hydrogen-bond acceptors (Lipinski definition) is 2. The number of aldehydes is 1.